The third-order valence-corrected chi connectivity index (χ3v) is 2.77. The van der Waals surface area contributed by atoms with Gasteiger partial charge in [0.25, 0.3) is 0 Å². The van der Waals surface area contributed by atoms with Crippen LogP contribution in [-0.2, 0) is 0 Å². The number of aryl methyl sites for hydroxylation is 1. The maximum Gasteiger partial charge on any atom is 0.335 e. The van der Waals surface area contributed by atoms with Gasteiger partial charge < -0.3 is 15.3 Å². The van der Waals surface area contributed by atoms with E-state index in [1.807, 2.05) is 0 Å². The third-order valence-electron chi connectivity index (χ3n) is 2.77. The minimum atomic E-state index is -0.967. The molecule has 0 aliphatic rings. The number of rotatable bonds is 3. The molecule has 1 aromatic rings. The summed E-state index contributed by atoms with van der Waals surface area (Å²) in [6.07, 6.45) is 0. The number of anilines is 1. The normalized spacial score (nSPS) is 11.1. The highest BCUT2D eigenvalue weighted by atomic mass is 16.4. The summed E-state index contributed by atoms with van der Waals surface area (Å²) in [7, 11) is 1.74. The number of hydrogen-bond donors (Lipinski definition) is 2. The monoisotopic (exact) mass is 278 g/mol. The van der Waals surface area contributed by atoms with Crippen LogP contribution in [0, 0.1) is 12.3 Å². The number of carbonyl (C=O) groups excluding carboxylic acids is 1. The lowest BCUT2D eigenvalue weighted by Gasteiger charge is -2.26. The maximum absolute atomic E-state index is 12.0. The standard InChI is InChI=1S/C15H22N2O3/c1-10-8-11(6-7-12(10)13(18)19)16-14(20)17(5)9-15(2,3)4/h6-8H,9H2,1-5H3,(H,16,20)(H,18,19). The Morgan fingerprint density at radius 2 is 1.90 bits per heavy atom. The summed E-state index contributed by atoms with van der Waals surface area (Å²) in [6.45, 7) is 8.51. The number of nitrogens with zero attached hydrogens (tertiary/aromatic N) is 1. The van der Waals surface area contributed by atoms with Crippen LogP contribution in [-0.4, -0.2) is 35.6 Å². The summed E-state index contributed by atoms with van der Waals surface area (Å²) in [6, 6.07) is 4.55. The molecule has 20 heavy (non-hydrogen) atoms. The summed E-state index contributed by atoms with van der Waals surface area (Å²) >= 11 is 0. The predicted molar refractivity (Wildman–Crippen MR) is 79.2 cm³/mol. The highest BCUT2D eigenvalue weighted by Gasteiger charge is 2.18. The molecule has 0 saturated heterocycles. The van der Waals surface area contributed by atoms with Gasteiger partial charge in [-0.1, -0.05) is 20.8 Å². The number of carboxylic acids is 1. The minimum Gasteiger partial charge on any atom is -0.478 e. The topological polar surface area (TPSA) is 69.6 Å². The first-order chi connectivity index (χ1) is 9.10. The molecule has 0 atom stereocenters. The van der Waals surface area contributed by atoms with Crippen molar-refractivity contribution in [3.8, 4) is 0 Å². The second kappa shape index (κ2) is 5.94. The van der Waals surface area contributed by atoms with Crippen molar-refractivity contribution < 1.29 is 14.7 Å². The van der Waals surface area contributed by atoms with Crippen LogP contribution in [0.1, 0.15) is 36.7 Å². The van der Waals surface area contributed by atoms with Gasteiger partial charge in [-0.15, -0.1) is 0 Å². The Morgan fingerprint density at radius 3 is 2.35 bits per heavy atom. The SMILES string of the molecule is Cc1cc(NC(=O)N(C)CC(C)(C)C)ccc1C(=O)O. The molecule has 2 N–H and O–H groups in total. The molecule has 1 aromatic carbocycles. The zero-order valence-corrected chi connectivity index (χ0v) is 12.7. The third kappa shape index (κ3) is 4.57. The lowest BCUT2D eigenvalue weighted by molar-refractivity contribution is 0.0696. The number of amides is 2. The van der Waals surface area contributed by atoms with Crippen molar-refractivity contribution in [2.24, 2.45) is 5.41 Å². The quantitative estimate of drug-likeness (QED) is 0.892. The van der Waals surface area contributed by atoms with Gasteiger partial charge in [-0.25, -0.2) is 9.59 Å². The molecule has 5 heteroatoms. The number of aromatic carboxylic acids is 1. The van der Waals surface area contributed by atoms with Gasteiger partial charge in [0.2, 0.25) is 0 Å². The van der Waals surface area contributed by atoms with Crippen molar-refractivity contribution in [3.05, 3.63) is 29.3 Å². The molecular formula is C15H22N2O3. The fraction of sp³-hybridized carbons (Fsp3) is 0.467. The molecule has 0 spiro atoms. The van der Waals surface area contributed by atoms with Gasteiger partial charge in [0, 0.05) is 19.3 Å². The second-order valence-electron chi connectivity index (χ2n) is 6.18. The Labute approximate surface area is 119 Å². The molecule has 0 saturated carbocycles. The minimum absolute atomic E-state index is 0.0230. The summed E-state index contributed by atoms with van der Waals surface area (Å²) in [5.41, 5.74) is 1.48. The van der Waals surface area contributed by atoms with Gasteiger partial charge in [-0.3, -0.25) is 0 Å². The maximum atomic E-state index is 12.0. The Bertz CT molecular complexity index is 518. The highest BCUT2D eigenvalue weighted by molar-refractivity contribution is 5.92. The van der Waals surface area contributed by atoms with Crippen molar-refractivity contribution >= 4 is 17.7 Å². The van der Waals surface area contributed by atoms with E-state index in [2.05, 4.69) is 26.1 Å². The van der Waals surface area contributed by atoms with E-state index in [9.17, 15) is 9.59 Å². The Hall–Kier alpha value is -2.04. The molecule has 5 nitrogen and oxygen atoms in total. The Morgan fingerprint density at radius 1 is 1.30 bits per heavy atom. The van der Waals surface area contributed by atoms with E-state index in [1.54, 1.807) is 31.0 Å². The van der Waals surface area contributed by atoms with Crippen molar-refractivity contribution in [2.45, 2.75) is 27.7 Å². The van der Waals surface area contributed by atoms with Crippen molar-refractivity contribution in [1.29, 1.82) is 0 Å². The molecule has 2 amide bonds. The number of benzene rings is 1. The van der Waals surface area contributed by atoms with Crippen LogP contribution in [0.3, 0.4) is 0 Å². The number of urea groups is 1. The fourth-order valence-corrected chi connectivity index (χ4v) is 1.98. The first-order valence-corrected chi connectivity index (χ1v) is 6.46. The molecule has 0 fully saturated rings. The van der Waals surface area contributed by atoms with Crippen molar-refractivity contribution in [2.75, 3.05) is 18.9 Å². The van der Waals surface area contributed by atoms with E-state index < -0.39 is 5.97 Å². The largest absolute Gasteiger partial charge is 0.478 e. The van der Waals surface area contributed by atoms with Crippen molar-refractivity contribution in [1.82, 2.24) is 4.90 Å². The fourth-order valence-electron chi connectivity index (χ4n) is 1.98. The Balaban J connectivity index is 2.76. The van der Waals surface area contributed by atoms with Gasteiger partial charge >= 0.3 is 12.0 Å². The van der Waals surface area contributed by atoms with Crippen LogP contribution in [0.5, 0.6) is 0 Å². The van der Waals surface area contributed by atoms with Gasteiger partial charge in [0.15, 0.2) is 0 Å². The number of carbonyl (C=O) groups is 2. The van der Waals surface area contributed by atoms with E-state index >= 15 is 0 Å². The summed E-state index contributed by atoms with van der Waals surface area (Å²) in [5, 5.41) is 11.7. The van der Waals surface area contributed by atoms with Crippen LogP contribution >= 0.6 is 0 Å². The van der Waals surface area contributed by atoms with Crippen LogP contribution in [0.15, 0.2) is 18.2 Å². The molecule has 0 aromatic heterocycles. The van der Waals surface area contributed by atoms with E-state index in [1.165, 1.54) is 6.07 Å². The van der Waals surface area contributed by atoms with E-state index in [4.69, 9.17) is 5.11 Å². The van der Waals surface area contributed by atoms with Gasteiger partial charge in [-0.2, -0.15) is 0 Å². The molecule has 0 aliphatic heterocycles. The average molecular weight is 278 g/mol. The van der Waals surface area contributed by atoms with Crippen LogP contribution in [0.25, 0.3) is 0 Å². The van der Waals surface area contributed by atoms with Crippen LogP contribution < -0.4 is 5.32 Å². The number of hydrogen-bond acceptors (Lipinski definition) is 2. The molecule has 0 radical (unpaired) electrons. The zero-order valence-electron chi connectivity index (χ0n) is 12.7. The lowest BCUT2D eigenvalue weighted by atomic mass is 9.96. The molecular weight excluding hydrogens is 256 g/mol. The predicted octanol–water partition coefficient (Wildman–Crippen LogP) is 3.20. The van der Waals surface area contributed by atoms with Crippen LogP contribution in [0.2, 0.25) is 0 Å². The first kappa shape index (κ1) is 16.0. The van der Waals surface area contributed by atoms with Crippen molar-refractivity contribution in [3.63, 3.8) is 0 Å². The molecule has 0 heterocycles. The average Bonchev–Trinajstić information content (AvgIpc) is 2.26. The summed E-state index contributed by atoms with van der Waals surface area (Å²) in [5.74, 6) is -0.967. The number of carboxylic acid groups (broad SMARTS) is 1. The summed E-state index contributed by atoms with van der Waals surface area (Å²) < 4.78 is 0. The molecule has 1 rings (SSSR count). The van der Waals surface area contributed by atoms with Gasteiger partial charge in [0.1, 0.15) is 0 Å². The zero-order chi connectivity index (χ0) is 15.5. The highest BCUT2D eigenvalue weighted by Crippen LogP contribution is 2.17. The van der Waals surface area contributed by atoms with Gasteiger partial charge in [0.05, 0.1) is 5.56 Å². The lowest BCUT2D eigenvalue weighted by Crippen LogP contribution is -2.37. The smallest absolute Gasteiger partial charge is 0.335 e. The number of nitrogens with one attached hydrogen (secondary N) is 1. The second-order valence-corrected chi connectivity index (χ2v) is 6.18. The summed E-state index contributed by atoms with van der Waals surface area (Å²) in [4.78, 5) is 24.6. The van der Waals surface area contributed by atoms with Gasteiger partial charge in [-0.05, 0) is 36.1 Å². The van der Waals surface area contributed by atoms with E-state index in [-0.39, 0.29) is 17.0 Å². The first-order valence-electron chi connectivity index (χ1n) is 6.46. The van der Waals surface area contributed by atoms with E-state index in [0.717, 1.165) is 0 Å². The molecule has 0 aliphatic carbocycles. The van der Waals surface area contributed by atoms with E-state index in [0.29, 0.717) is 17.8 Å². The Kier molecular flexibility index (Phi) is 4.76. The molecule has 0 bridgehead atoms. The van der Waals surface area contributed by atoms with Crippen LogP contribution in [0.4, 0.5) is 10.5 Å². The molecule has 110 valence electrons. The molecule has 0 unspecified atom stereocenters.